The zero-order valence-electron chi connectivity index (χ0n) is 11.0. The van der Waals surface area contributed by atoms with E-state index in [0.29, 0.717) is 6.04 Å². The third-order valence-corrected chi connectivity index (χ3v) is 4.56. The second-order valence-electron chi connectivity index (χ2n) is 5.91. The predicted octanol–water partition coefficient (Wildman–Crippen LogP) is 2.91. The lowest BCUT2D eigenvalue weighted by molar-refractivity contribution is 0.0800. The number of hydrogen-bond acceptors (Lipinski definition) is 2. The molecule has 0 aromatic carbocycles. The van der Waals surface area contributed by atoms with Crippen molar-refractivity contribution in [1.29, 1.82) is 0 Å². The molecule has 0 aromatic rings. The van der Waals surface area contributed by atoms with Crippen molar-refractivity contribution in [2.45, 2.75) is 89.4 Å². The predicted molar refractivity (Wildman–Crippen MR) is 69.5 cm³/mol. The van der Waals surface area contributed by atoms with E-state index in [1.807, 2.05) is 0 Å². The van der Waals surface area contributed by atoms with Crippen molar-refractivity contribution in [3.05, 3.63) is 0 Å². The fourth-order valence-electron chi connectivity index (χ4n) is 3.81. The van der Waals surface area contributed by atoms with Gasteiger partial charge in [-0.25, -0.2) is 0 Å². The van der Waals surface area contributed by atoms with E-state index >= 15 is 0 Å². The van der Waals surface area contributed by atoms with Gasteiger partial charge in [-0.05, 0) is 39.0 Å². The second kappa shape index (κ2) is 5.50. The Morgan fingerprint density at radius 2 is 1.81 bits per heavy atom. The first-order valence-electron chi connectivity index (χ1n) is 7.25. The Hall–Kier alpha value is -0.0800. The second-order valence-corrected chi connectivity index (χ2v) is 5.91. The first-order chi connectivity index (χ1) is 7.72. The topological polar surface area (TPSA) is 29.3 Å². The maximum absolute atomic E-state index is 6.11. The number of piperidine rings is 1. The van der Waals surface area contributed by atoms with Crippen LogP contribution in [-0.2, 0) is 0 Å². The number of nitrogens with zero attached hydrogens (tertiary/aromatic N) is 1. The van der Waals surface area contributed by atoms with Crippen molar-refractivity contribution >= 4 is 0 Å². The van der Waals surface area contributed by atoms with Gasteiger partial charge in [0.05, 0.1) is 0 Å². The van der Waals surface area contributed by atoms with E-state index in [0.717, 1.165) is 18.1 Å². The highest BCUT2D eigenvalue weighted by atomic mass is 15.2. The molecule has 2 nitrogen and oxygen atoms in total. The van der Waals surface area contributed by atoms with Crippen LogP contribution in [0.5, 0.6) is 0 Å². The van der Waals surface area contributed by atoms with E-state index in [9.17, 15) is 0 Å². The van der Waals surface area contributed by atoms with E-state index in [-0.39, 0.29) is 0 Å². The first kappa shape index (κ1) is 12.4. The third kappa shape index (κ3) is 2.60. The molecule has 2 N–H and O–H groups in total. The SMILES string of the molecule is CCCCCC(C)N1C2CCC1CC(N)C2. The van der Waals surface area contributed by atoms with E-state index in [1.54, 1.807) is 0 Å². The quantitative estimate of drug-likeness (QED) is 0.728. The summed E-state index contributed by atoms with van der Waals surface area (Å²) in [6.07, 6.45) is 10.8. The standard InChI is InChI=1S/C14H28N2/c1-3-4-5-6-11(2)16-13-7-8-14(16)10-12(15)9-13/h11-14H,3-10,15H2,1-2H3. The molecule has 0 aromatic heterocycles. The highest BCUT2D eigenvalue weighted by molar-refractivity contribution is 4.98. The van der Waals surface area contributed by atoms with Gasteiger partial charge in [-0.3, -0.25) is 4.90 Å². The molecule has 2 aliphatic heterocycles. The Morgan fingerprint density at radius 3 is 2.38 bits per heavy atom. The zero-order valence-corrected chi connectivity index (χ0v) is 11.0. The van der Waals surface area contributed by atoms with Gasteiger partial charge in [0.1, 0.15) is 0 Å². The average molecular weight is 224 g/mol. The molecule has 0 radical (unpaired) electrons. The average Bonchev–Trinajstić information content (AvgIpc) is 2.52. The summed E-state index contributed by atoms with van der Waals surface area (Å²) < 4.78 is 0. The summed E-state index contributed by atoms with van der Waals surface area (Å²) in [5.41, 5.74) is 6.11. The number of nitrogens with two attached hydrogens (primary N) is 1. The Labute approximate surface area is 101 Å². The van der Waals surface area contributed by atoms with E-state index < -0.39 is 0 Å². The summed E-state index contributed by atoms with van der Waals surface area (Å²) in [5, 5.41) is 0. The van der Waals surface area contributed by atoms with Crippen molar-refractivity contribution in [3.8, 4) is 0 Å². The molecule has 3 unspecified atom stereocenters. The molecule has 2 heteroatoms. The van der Waals surface area contributed by atoms with Crippen LogP contribution in [0.15, 0.2) is 0 Å². The van der Waals surface area contributed by atoms with Crippen molar-refractivity contribution in [2.75, 3.05) is 0 Å². The minimum Gasteiger partial charge on any atom is -0.328 e. The van der Waals surface area contributed by atoms with Gasteiger partial charge in [0.15, 0.2) is 0 Å². The van der Waals surface area contributed by atoms with Crippen LogP contribution in [0.1, 0.15) is 65.2 Å². The molecule has 0 amide bonds. The van der Waals surface area contributed by atoms with E-state index in [4.69, 9.17) is 5.73 Å². The molecule has 2 saturated heterocycles. The van der Waals surface area contributed by atoms with Crippen LogP contribution >= 0.6 is 0 Å². The van der Waals surface area contributed by atoms with E-state index in [2.05, 4.69) is 18.7 Å². The summed E-state index contributed by atoms with van der Waals surface area (Å²) in [7, 11) is 0. The summed E-state index contributed by atoms with van der Waals surface area (Å²) in [6.45, 7) is 4.71. The van der Waals surface area contributed by atoms with Gasteiger partial charge in [0.25, 0.3) is 0 Å². The van der Waals surface area contributed by atoms with Crippen LogP contribution in [0.2, 0.25) is 0 Å². The Kier molecular flexibility index (Phi) is 4.26. The monoisotopic (exact) mass is 224 g/mol. The zero-order chi connectivity index (χ0) is 11.5. The molecule has 0 saturated carbocycles. The molecule has 16 heavy (non-hydrogen) atoms. The van der Waals surface area contributed by atoms with Crippen LogP contribution < -0.4 is 5.73 Å². The number of unbranched alkanes of at least 4 members (excludes halogenated alkanes) is 2. The van der Waals surface area contributed by atoms with Crippen LogP contribution in [0.4, 0.5) is 0 Å². The van der Waals surface area contributed by atoms with E-state index in [1.165, 1.54) is 51.4 Å². The van der Waals surface area contributed by atoms with Crippen molar-refractivity contribution < 1.29 is 0 Å². The highest BCUT2D eigenvalue weighted by Crippen LogP contribution is 2.37. The number of rotatable bonds is 5. The number of hydrogen-bond donors (Lipinski definition) is 1. The molecule has 2 heterocycles. The minimum absolute atomic E-state index is 0.483. The molecule has 2 bridgehead atoms. The summed E-state index contributed by atoms with van der Waals surface area (Å²) in [6, 6.07) is 2.89. The molecule has 94 valence electrons. The van der Waals surface area contributed by atoms with Crippen LogP contribution in [-0.4, -0.2) is 29.1 Å². The molecular formula is C14H28N2. The summed E-state index contributed by atoms with van der Waals surface area (Å²) >= 11 is 0. The van der Waals surface area contributed by atoms with Crippen molar-refractivity contribution in [1.82, 2.24) is 4.90 Å². The van der Waals surface area contributed by atoms with Gasteiger partial charge >= 0.3 is 0 Å². The molecular weight excluding hydrogens is 196 g/mol. The Balaban J connectivity index is 1.85. The maximum Gasteiger partial charge on any atom is 0.0116 e. The molecule has 0 aliphatic carbocycles. The van der Waals surface area contributed by atoms with Crippen LogP contribution in [0.25, 0.3) is 0 Å². The van der Waals surface area contributed by atoms with Gasteiger partial charge in [-0.2, -0.15) is 0 Å². The molecule has 0 spiro atoms. The maximum atomic E-state index is 6.11. The minimum atomic E-state index is 0.483. The molecule has 2 aliphatic rings. The van der Waals surface area contributed by atoms with Crippen LogP contribution in [0, 0.1) is 0 Å². The van der Waals surface area contributed by atoms with Gasteiger partial charge in [0.2, 0.25) is 0 Å². The fraction of sp³-hybridized carbons (Fsp3) is 1.00. The normalized spacial score (nSPS) is 36.6. The smallest absolute Gasteiger partial charge is 0.0116 e. The summed E-state index contributed by atoms with van der Waals surface area (Å²) in [4.78, 5) is 2.80. The van der Waals surface area contributed by atoms with Gasteiger partial charge in [-0.15, -0.1) is 0 Å². The first-order valence-corrected chi connectivity index (χ1v) is 7.25. The lowest BCUT2D eigenvalue weighted by Crippen LogP contribution is -2.51. The number of fused-ring (bicyclic) bond motifs is 2. The van der Waals surface area contributed by atoms with Crippen LogP contribution in [0.3, 0.4) is 0 Å². The Bertz CT molecular complexity index is 203. The lowest BCUT2D eigenvalue weighted by Gasteiger charge is -2.41. The fourth-order valence-corrected chi connectivity index (χ4v) is 3.81. The van der Waals surface area contributed by atoms with Crippen molar-refractivity contribution in [2.24, 2.45) is 5.73 Å². The largest absolute Gasteiger partial charge is 0.328 e. The molecule has 3 atom stereocenters. The highest BCUT2D eigenvalue weighted by Gasteiger charge is 2.41. The van der Waals surface area contributed by atoms with Gasteiger partial charge < -0.3 is 5.73 Å². The molecule has 2 fully saturated rings. The molecule has 2 rings (SSSR count). The summed E-state index contributed by atoms with van der Waals surface area (Å²) in [5.74, 6) is 0. The van der Waals surface area contributed by atoms with Crippen molar-refractivity contribution in [3.63, 3.8) is 0 Å². The third-order valence-electron chi connectivity index (χ3n) is 4.56. The van der Waals surface area contributed by atoms with Gasteiger partial charge in [-0.1, -0.05) is 26.2 Å². The lowest BCUT2D eigenvalue weighted by atomic mass is 9.95. The Morgan fingerprint density at radius 1 is 1.19 bits per heavy atom. The van der Waals surface area contributed by atoms with Gasteiger partial charge in [0, 0.05) is 24.2 Å².